The topological polar surface area (TPSA) is 141 Å². The van der Waals surface area contributed by atoms with E-state index in [1.54, 1.807) is 16.2 Å². The molecule has 0 radical (unpaired) electrons. The van der Waals surface area contributed by atoms with Gasteiger partial charge in [0.15, 0.2) is 0 Å². The number of thiazole rings is 1. The minimum absolute atomic E-state index is 0.202. The number of amides is 3. The number of carbonyl (C=O) groups is 3. The number of aryl methyl sites for hydroxylation is 1. The molecule has 4 aromatic carbocycles. The van der Waals surface area contributed by atoms with Gasteiger partial charge in [-0.2, -0.15) is 0 Å². The summed E-state index contributed by atoms with van der Waals surface area (Å²) in [6, 6.07) is 36.2. The average molecular weight is 988 g/mol. The summed E-state index contributed by atoms with van der Waals surface area (Å²) in [6.07, 6.45) is 2.19. The van der Waals surface area contributed by atoms with Crippen molar-refractivity contribution in [3.63, 3.8) is 0 Å². The first-order valence-corrected chi connectivity index (χ1v) is 25.7. The number of rotatable bonds is 28. The lowest BCUT2D eigenvalue weighted by Crippen LogP contribution is -2.58. The summed E-state index contributed by atoms with van der Waals surface area (Å²) in [5.74, 6) is -0.0414. The van der Waals surface area contributed by atoms with Gasteiger partial charge in [-0.05, 0) is 89.7 Å². The van der Waals surface area contributed by atoms with Crippen LogP contribution in [0.3, 0.4) is 0 Å². The van der Waals surface area contributed by atoms with E-state index in [1.807, 2.05) is 57.5 Å². The molecule has 6 rings (SSSR count). The molecule has 2 atom stereocenters. The molecule has 380 valence electrons. The fraction of sp³-hybridized carbons (Fsp3) is 0.439. The van der Waals surface area contributed by atoms with E-state index in [1.165, 1.54) is 22.3 Å². The van der Waals surface area contributed by atoms with Crippen molar-refractivity contribution in [1.82, 2.24) is 25.4 Å². The molecular formula is C57H73N5O8S. The van der Waals surface area contributed by atoms with Gasteiger partial charge in [0, 0.05) is 26.2 Å². The van der Waals surface area contributed by atoms with Crippen LogP contribution in [0.4, 0.5) is 0 Å². The number of allylic oxidation sites excluding steroid dienone is 1. The highest BCUT2D eigenvalue weighted by molar-refractivity contribution is 7.13. The molecular weight excluding hydrogens is 915 g/mol. The van der Waals surface area contributed by atoms with E-state index >= 15 is 0 Å². The van der Waals surface area contributed by atoms with Crippen molar-refractivity contribution in [2.24, 2.45) is 5.41 Å². The number of hydrogen-bond donors (Lipinski definition) is 2. The Morgan fingerprint density at radius 2 is 1.35 bits per heavy atom. The number of nitrogens with one attached hydrogen (secondary N) is 2. The van der Waals surface area contributed by atoms with Crippen LogP contribution in [0.25, 0.3) is 21.6 Å². The molecule has 0 bridgehead atoms. The molecule has 1 aromatic heterocycles. The van der Waals surface area contributed by atoms with Crippen LogP contribution in [0.5, 0.6) is 5.75 Å². The summed E-state index contributed by atoms with van der Waals surface area (Å²) in [5.41, 5.74) is 10.4. The summed E-state index contributed by atoms with van der Waals surface area (Å²) < 4.78 is 28.7. The quantitative estimate of drug-likeness (QED) is 0.0370. The minimum Gasteiger partial charge on any atom is -0.492 e. The molecule has 2 heterocycles. The Balaban J connectivity index is 0.786. The molecule has 3 amide bonds. The van der Waals surface area contributed by atoms with Gasteiger partial charge in [-0.15, -0.1) is 11.3 Å². The zero-order valence-corrected chi connectivity index (χ0v) is 43.3. The van der Waals surface area contributed by atoms with Gasteiger partial charge in [-0.1, -0.05) is 125 Å². The molecule has 0 spiro atoms. The number of nitrogens with zero attached hydrogens (tertiary/aromatic N) is 3. The summed E-state index contributed by atoms with van der Waals surface area (Å²) in [6.45, 7) is 15.4. The highest BCUT2D eigenvalue weighted by Crippen LogP contribution is 2.35. The van der Waals surface area contributed by atoms with Gasteiger partial charge in [-0.3, -0.25) is 14.4 Å². The minimum atomic E-state index is -0.833. The number of ether oxygens (including phenoxy) is 5. The molecule has 2 N–H and O–H groups in total. The van der Waals surface area contributed by atoms with Crippen molar-refractivity contribution in [3.8, 4) is 16.2 Å². The van der Waals surface area contributed by atoms with E-state index in [9.17, 15) is 14.4 Å². The fourth-order valence-corrected chi connectivity index (χ4v) is 9.27. The summed E-state index contributed by atoms with van der Waals surface area (Å²) in [7, 11) is 2.05. The number of likely N-dealkylation sites (tertiary alicyclic amines) is 1. The van der Waals surface area contributed by atoms with E-state index in [-0.39, 0.29) is 31.6 Å². The van der Waals surface area contributed by atoms with Crippen LogP contribution in [0, 0.1) is 12.3 Å². The third kappa shape index (κ3) is 16.9. The fourth-order valence-electron chi connectivity index (χ4n) is 8.46. The summed E-state index contributed by atoms with van der Waals surface area (Å²) >= 11 is 1.60. The van der Waals surface area contributed by atoms with Gasteiger partial charge in [0.25, 0.3) is 0 Å². The van der Waals surface area contributed by atoms with Crippen LogP contribution in [0.1, 0.15) is 74.9 Å². The van der Waals surface area contributed by atoms with E-state index in [0.29, 0.717) is 65.6 Å². The zero-order valence-electron chi connectivity index (χ0n) is 42.5. The molecule has 0 aliphatic carbocycles. The van der Waals surface area contributed by atoms with Gasteiger partial charge in [0.2, 0.25) is 17.7 Å². The summed E-state index contributed by atoms with van der Waals surface area (Å²) in [5, 5.41) is 5.89. The molecule has 1 saturated heterocycles. The Hall–Kier alpha value is -5.74. The van der Waals surface area contributed by atoms with Crippen LogP contribution in [-0.2, 0) is 39.9 Å². The van der Waals surface area contributed by atoms with Crippen LogP contribution in [-0.4, -0.2) is 131 Å². The lowest BCUT2D eigenvalue weighted by Gasteiger charge is -2.35. The van der Waals surface area contributed by atoms with Crippen molar-refractivity contribution in [1.29, 1.82) is 0 Å². The van der Waals surface area contributed by atoms with Crippen LogP contribution in [0.2, 0.25) is 0 Å². The zero-order chi connectivity index (χ0) is 50.4. The van der Waals surface area contributed by atoms with Crippen LogP contribution < -0.4 is 15.4 Å². The molecule has 1 aliphatic rings. The third-order valence-electron chi connectivity index (χ3n) is 12.4. The molecule has 71 heavy (non-hydrogen) atoms. The van der Waals surface area contributed by atoms with Crippen molar-refractivity contribution < 1.29 is 38.1 Å². The number of hydrogen-bond acceptors (Lipinski definition) is 11. The van der Waals surface area contributed by atoms with Crippen LogP contribution >= 0.6 is 11.3 Å². The van der Waals surface area contributed by atoms with E-state index in [2.05, 4.69) is 119 Å². The highest BCUT2D eigenvalue weighted by Gasteiger charge is 2.41. The Bertz CT molecular complexity index is 2420. The maximum atomic E-state index is 13.9. The predicted octanol–water partition coefficient (Wildman–Crippen LogP) is 8.70. The average Bonchev–Trinajstić information content (AvgIpc) is 4.06. The van der Waals surface area contributed by atoms with Gasteiger partial charge in [-0.25, -0.2) is 4.98 Å². The molecule has 0 saturated carbocycles. The molecule has 5 aromatic rings. The number of likely N-dealkylation sites (N-methyl/N-ethyl adjacent to an activating group) is 1. The van der Waals surface area contributed by atoms with Crippen molar-refractivity contribution >= 4 is 40.2 Å². The van der Waals surface area contributed by atoms with Crippen molar-refractivity contribution in [2.45, 2.75) is 72.5 Å². The normalized spacial score (nSPS) is 14.6. The number of benzene rings is 4. The monoisotopic (exact) mass is 988 g/mol. The van der Waals surface area contributed by atoms with E-state index in [0.717, 1.165) is 52.5 Å². The molecule has 13 nitrogen and oxygen atoms in total. The third-order valence-corrected chi connectivity index (χ3v) is 13.4. The number of carbonyl (C=O) groups excluding carboxylic acids is 3. The Morgan fingerprint density at radius 3 is 1.96 bits per heavy atom. The maximum Gasteiger partial charge on any atom is 0.246 e. The van der Waals surface area contributed by atoms with Crippen LogP contribution in [0.15, 0.2) is 115 Å². The smallest absolute Gasteiger partial charge is 0.246 e. The first kappa shape index (κ1) is 54.6. The first-order valence-electron chi connectivity index (χ1n) is 24.9. The van der Waals surface area contributed by atoms with E-state index in [4.69, 9.17) is 23.7 Å². The van der Waals surface area contributed by atoms with E-state index < -0.39 is 23.4 Å². The second kappa shape index (κ2) is 28.3. The molecule has 14 heteroatoms. The van der Waals surface area contributed by atoms with Gasteiger partial charge in [0.05, 0.1) is 62.3 Å². The number of aromatic nitrogens is 1. The van der Waals surface area contributed by atoms with Gasteiger partial charge >= 0.3 is 0 Å². The Labute approximate surface area is 424 Å². The first-order chi connectivity index (χ1) is 34.4. The molecule has 1 aliphatic heterocycles. The standard InChI is InChI=1S/C57H73N5O8S/c1-7-49(44-15-10-8-11-16-44)52(45-17-12-9-13-18-45)46-24-26-48(27-25-46)70-32-30-61(6)29-31-66-33-34-67-35-36-68-37-38-69-40-51(63)60-54(57(3,4)5)56(65)62-28-14-19-50(62)55(64)58-39-43-20-22-47(23-21-43)53-42(2)59-41-71-53/h8-13,15-18,20-27,41,50,54H,7,14,19,28-40H2,1-6H3,(H,58,64)(H,60,63)/b52-49-/t50-,54+/m0/s1. The van der Waals surface area contributed by atoms with Gasteiger partial charge < -0.3 is 44.1 Å². The van der Waals surface area contributed by atoms with Crippen molar-refractivity contribution in [2.75, 3.05) is 86.1 Å². The molecule has 0 unspecified atom stereocenters. The SMILES string of the molecule is CC/C(=C(\c1ccccc1)c1ccc(OCCN(C)CCOCCOCCOCCOCC(=O)N[C@H](C(=O)N2CCC[C@H]2C(=O)NCc2ccc(-c3scnc3C)cc2)C(C)(C)C)cc1)c1ccccc1. The second-order valence-corrected chi connectivity index (χ2v) is 19.6. The lowest BCUT2D eigenvalue weighted by atomic mass is 9.85. The molecule has 1 fully saturated rings. The van der Waals surface area contributed by atoms with Gasteiger partial charge in [0.1, 0.15) is 31.0 Å². The second-order valence-electron chi connectivity index (χ2n) is 18.7. The largest absolute Gasteiger partial charge is 0.492 e. The van der Waals surface area contributed by atoms with Crippen molar-refractivity contribution in [3.05, 3.63) is 143 Å². The predicted molar refractivity (Wildman–Crippen MR) is 282 cm³/mol. The highest BCUT2D eigenvalue weighted by atomic mass is 32.1. The lowest BCUT2D eigenvalue weighted by molar-refractivity contribution is -0.144. The Kier molecular flexibility index (Phi) is 21.8. The maximum absolute atomic E-state index is 13.9. The summed E-state index contributed by atoms with van der Waals surface area (Å²) in [4.78, 5) is 49.5. The Morgan fingerprint density at radius 1 is 0.761 bits per heavy atom.